The van der Waals surface area contributed by atoms with Crippen molar-refractivity contribution < 1.29 is 24.5 Å². The normalized spacial score (nSPS) is 48.0. The zero-order chi connectivity index (χ0) is 17.9. The lowest BCUT2D eigenvalue weighted by Crippen LogP contribution is -2.81. The molecule has 6 atom stereocenters. The molecule has 6 rings (SSSR count). The minimum atomic E-state index is -0.870. The molecule has 3 aliphatic carbocycles. The fraction of sp³-hybridized carbons (Fsp3) is 0.714. The zero-order valence-corrected chi connectivity index (χ0v) is 15.3. The number of benzene rings is 1. The molecule has 2 unspecified atom stereocenters. The predicted octanol–water partition coefficient (Wildman–Crippen LogP) is 1.46. The van der Waals surface area contributed by atoms with Crippen LogP contribution in [-0.4, -0.2) is 63.8 Å². The third kappa shape index (κ3) is 1.60. The van der Waals surface area contributed by atoms with Crippen molar-refractivity contribution >= 4 is 0 Å². The van der Waals surface area contributed by atoms with E-state index < -0.39 is 23.2 Å². The Hall–Kier alpha value is -1.30. The third-order valence-corrected chi connectivity index (χ3v) is 8.45. The number of likely N-dealkylation sites (tertiary alicyclic amines) is 1. The van der Waals surface area contributed by atoms with Gasteiger partial charge in [0.15, 0.2) is 11.5 Å². The molecule has 0 radical (unpaired) electrons. The van der Waals surface area contributed by atoms with E-state index in [-0.39, 0.29) is 11.8 Å². The first kappa shape index (κ1) is 15.7. The van der Waals surface area contributed by atoms with Crippen LogP contribution in [0.1, 0.15) is 43.2 Å². The van der Waals surface area contributed by atoms with Gasteiger partial charge in [-0.3, -0.25) is 0 Å². The average Bonchev–Trinajstić information content (AvgIpc) is 3.32. The molecular weight excluding hydrogens is 330 g/mol. The van der Waals surface area contributed by atoms with E-state index in [1.807, 2.05) is 6.07 Å². The van der Waals surface area contributed by atoms with Crippen LogP contribution < -0.4 is 4.74 Å². The maximum Gasteiger partial charge on any atom is 0.165 e. The van der Waals surface area contributed by atoms with Crippen LogP contribution in [0.3, 0.4) is 0 Å². The number of likely N-dealkylation sites (N-methyl/N-ethyl adjacent to an activating group) is 1. The number of hydrogen-bond donors (Lipinski definition) is 3. The number of ether oxygens (including phenoxy) is 1. The van der Waals surface area contributed by atoms with Crippen molar-refractivity contribution in [1.29, 1.82) is 0 Å². The Morgan fingerprint density at radius 3 is 2.81 bits per heavy atom. The lowest BCUT2D eigenvalue weighted by molar-refractivity contribution is -0.950. The number of phenols is 1. The van der Waals surface area contributed by atoms with Gasteiger partial charge in [-0.05, 0) is 37.3 Å². The van der Waals surface area contributed by atoms with Crippen molar-refractivity contribution in [3.63, 3.8) is 0 Å². The van der Waals surface area contributed by atoms with Crippen molar-refractivity contribution in [3.8, 4) is 11.5 Å². The molecule has 1 spiro atoms. The topological polar surface area (TPSA) is 69.9 Å². The monoisotopic (exact) mass is 358 g/mol. The number of phenolic OH excluding ortho intramolecular Hbond substituents is 1. The summed E-state index contributed by atoms with van der Waals surface area (Å²) in [4.78, 5) is 0. The highest BCUT2D eigenvalue weighted by Gasteiger charge is 2.76. The Morgan fingerprint density at radius 2 is 2.04 bits per heavy atom. The summed E-state index contributed by atoms with van der Waals surface area (Å²) in [5.41, 5.74) is 0.755. The highest BCUT2D eigenvalue weighted by molar-refractivity contribution is 5.62. The predicted molar refractivity (Wildman–Crippen MR) is 95.1 cm³/mol. The summed E-state index contributed by atoms with van der Waals surface area (Å²) in [6.45, 7) is 2.15. The molecule has 2 saturated carbocycles. The molecule has 3 fully saturated rings. The molecule has 0 aromatic heterocycles. The van der Waals surface area contributed by atoms with Gasteiger partial charge in [0.05, 0.1) is 31.7 Å². The third-order valence-electron chi connectivity index (χ3n) is 8.45. The lowest BCUT2D eigenvalue weighted by atomic mass is 9.48. The summed E-state index contributed by atoms with van der Waals surface area (Å²) in [5, 5.41) is 33.4. The van der Waals surface area contributed by atoms with Gasteiger partial charge in [0.1, 0.15) is 17.7 Å². The average molecular weight is 358 g/mol. The largest absolute Gasteiger partial charge is 0.504 e. The fourth-order valence-electron chi connectivity index (χ4n) is 7.13. The molecule has 5 aliphatic rings. The van der Waals surface area contributed by atoms with E-state index in [9.17, 15) is 15.3 Å². The first-order valence-corrected chi connectivity index (χ1v) is 10.2. The van der Waals surface area contributed by atoms with Crippen LogP contribution in [0.25, 0.3) is 0 Å². The number of nitrogens with zero attached hydrogens (tertiary/aromatic N) is 1. The maximum atomic E-state index is 12.2. The summed E-state index contributed by atoms with van der Waals surface area (Å²) in [7, 11) is 2.33. The summed E-state index contributed by atoms with van der Waals surface area (Å²) < 4.78 is 7.11. The Morgan fingerprint density at radius 1 is 1.23 bits per heavy atom. The molecule has 1 saturated heterocycles. The molecule has 1 aromatic carbocycles. The van der Waals surface area contributed by atoms with Gasteiger partial charge in [0.2, 0.25) is 0 Å². The minimum absolute atomic E-state index is 0.137. The van der Waals surface area contributed by atoms with E-state index in [1.54, 1.807) is 6.07 Å². The molecule has 5 heteroatoms. The number of piperidine rings is 1. The first-order chi connectivity index (χ1) is 12.4. The molecule has 0 amide bonds. The standard InChI is InChI=1S/C21H27NO4/c1-22(11-12-2-3-12)9-8-20-17-13-4-5-14(23)18(17)26-19(20)15(24)6-7-21(20,25)16(22)10-13/h4-5,12,15-16,19,24-25H,2-3,6-11H2,1H3/p+1/t15-,16+,19-,20-,21?,22?/m0/s1. The molecule has 2 aliphatic heterocycles. The van der Waals surface area contributed by atoms with Gasteiger partial charge in [-0.25, -0.2) is 0 Å². The molecule has 2 bridgehead atoms. The molecule has 140 valence electrons. The van der Waals surface area contributed by atoms with Crippen LogP contribution in [0.2, 0.25) is 0 Å². The maximum absolute atomic E-state index is 12.2. The van der Waals surface area contributed by atoms with Crippen LogP contribution in [0.4, 0.5) is 0 Å². The number of aromatic hydroxyl groups is 1. The van der Waals surface area contributed by atoms with Crippen LogP contribution in [0, 0.1) is 5.92 Å². The Labute approximate surface area is 153 Å². The molecule has 5 nitrogen and oxygen atoms in total. The van der Waals surface area contributed by atoms with Crippen molar-refractivity contribution in [2.24, 2.45) is 5.92 Å². The van der Waals surface area contributed by atoms with Crippen LogP contribution >= 0.6 is 0 Å². The number of rotatable bonds is 2. The van der Waals surface area contributed by atoms with Gasteiger partial charge >= 0.3 is 0 Å². The van der Waals surface area contributed by atoms with Crippen molar-refractivity contribution in [2.75, 3.05) is 20.1 Å². The highest BCUT2D eigenvalue weighted by Crippen LogP contribution is 2.66. The first-order valence-electron chi connectivity index (χ1n) is 10.2. The molecule has 26 heavy (non-hydrogen) atoms. The summed E-state index contributed by atoms with van der Waals surface area (Å²) in [6.07, 6.45) is 4.44. The summed E-state index contributed by atoms with van der Waals surface area (Å²) >= 11 is 0. The van der Waals surface area contributed by atoms with Crippen molar-refractivity contribution in [3.05, 3.63) is 23.3 Å². The van der Waals surface area contributed by atoms with Gasteiger partial charge in [-0.15, -0.1) is 0 Å². The number of aliphatic hydroxyl groups excluding tert-OH is 1. The SMILES string of the molecule is C[N+]1(CC2CC2)CC[C@]23c4c5ccc(O)c4O[C@H]2[C@@H](O)CCC3(O)[C@H]1C5. The van der Waals surface area contributed by atoms with Gasteiger partial charge < -0.3 is 24.5 Å². The second-order valence-electron chi connectivity index (χ2n) is 9.79. The van der Waals surface area contributed by atoms with E-state index >= 15 is 0 Å². The quantitative estimate of drug-likeness (QED) is 0.700. The lowest BCUT2D eigenvalue weighted by Gasteiger charge is -2.65. The van der Waals surface area contributed by atoms with Crippen LogP contribution in [0.15, 0.2) is 12.1 Å². The van der Waals surface area contributed by atoms with Gasteiger partial charge in [0.25, 0.3) is 0 Å². The van der Waals surface area contributed by atoms with Crippen molar-refractivity contribution in [1.82, 2.24) is 0 Å². The minimum Gasteiger partial charge on any atom is -0.504 e. The number of quaternary nitrogens is 1. The number of aliphatic hydroxyl groups is 2. The van der Waals surface area contributed by atoms with E-state index in [0.29, 0.717) is 18.6 Å². The van der Waals surface area contributed by atoms with E-state index in [0.717, 1.165) is 41.9 Å². The van der Waals surface area contributed by atoms with Gasteiger partial charge in [-0.2, -0.15) is 0 Å². The summed E-state index contributed by atoms with van der Waals surface area (Å²) in [5.74, 6) is 1.46. The molecule has 3 N–H and O–H groups in total. The van der Waals surface area contributed by atoms with Gasteiger partial charge in [0, 0.05) is 24.3 Å². The highest BCUT2D eigenvalue weighted by atomic mass is 16.5. The van der Waals surface area contributed by atoms with Crippen LogP contribution in [-0.2, 0) is 11.8 Å². The Balaban J connectivity index is 1.59. The second kappa shape index (κ2) is 4.57. The summed E-state index contributed by atoms with van der Waals surface area (Å²) in [6, 6.07) is 3.88. The Bertz CT molecular complexity index is 807. The molecule has 2 heterocycles. The van der Waals surface area contributed by atoms with E-state index in [1.165, 1.54) is 18.4 Å². The number of hydrogen-bond acceptors (Lipinski definition) is 4. The smallest absolute Gasteiger partial charge is 0.165 e. The van der Waals surface area contributed by atoms with Crippen molar-refractivity contribution in [2.45, 2.75) is 67.8 Å². The second-order valence-corrected chi connectivity index (χ2v) is 9.79. The Kier molecular flexibility index (Phi) is 2.76. The van der Waals surface area contributed by atoms with E-state index in [2.05, 4.69) is 7.05 Å². The zero-order valence-electron chi connectivity index (χ0n) is 15.3. The van der Waals surface area contributed by atoms with E-state index in [4.69, 9.17) is 4.74 Å². The van der Waals surface area contributed by atoms with Crippen LogP contribution in [0.5, 0.6) is 11.5 Å². The molecular formula is C21H28NO4+. The fourth-order valence-corrected chi connectivity index (χ4v) is 7.13. The molecule has 1 aromatic rings. The van der Waals surface area contributed by atoms with Gasteiger partial charge in [-0.1, -0.05) is 6.07 Å².